The summed E-state index contributed by atoms with van der Waals surface area (Å²) >= 11 is 0. The normalized spacial score (nSPS) is 11.7. The van der Waals surface area contributed by atoms with Gasteiger partial charge < -0.3 is 4.74 Å². The van der Waals surface area contributed by atoms with E-state index in [2.05, 4.69) is 4.74 Å². The smallest absolute Gasteiger partial charge is 0.305 e. The topological polar surface area (TPSA) is 63.7 Å². The first-order valence-corrected chi connectivity index (χ1v) is 7.21. The van der Waals surface area contributed by atoms with Crippen LogP contribution in [0.15, 0.2) is 23.1 Å². The van der Waals surface area contributed by atoms with Crippen molar-refractivity contribution in [3.8, 4) is 0 Å². The van der Waals surface area contributed by atoms with Crippen LogP contribution in [-0.2, 0) is 19.6 Å². The van der Waals surface area contributed by atoms with Crippen molar-refractivity contribution in [1.82, 2.24) is 4.31 Å². The van der Waals surface area contributed by atoms with E-state index >= 15 is 0 Å². The number of nitrogens with zero attached hydrogens (tertiary/aromatic N) is 1. The molecule has 0 heterocycles. The third-order valence-corrected chi connectivity index (χ3v) is 4.55. The number of methoxy groups -OCH3 is 1. The highest BCUT2D eigenvalue weighted by molar-refractivity contribution is 7.89. The molecule has 112 valence electrons. The SMILES string of the molecule is COC(=O)CCCN(C)S(=O)(=O)c1ccc(F)cc1F. The van der Waals surface area contributed by atoms with Crippen LogP contribution < -0.4 is 0 Å². The van der Waals surface area contributed by atoms with Gasteiger partial charge in [0.05, 0.1) is 7.11 Å². The van der Waals surface area contributed by atoms with Crippen LogP contribution in [0.1, 0.15) is 12.8 Å². The summed E-state index contributed by atoms with van der Waals surface area (Å²) in [6.45, 7) is 0.0221. The lowest BCUT2D eigenvalue weighted by molar-refractivity contribution is -0.140. The molecular formula is C12H15F2NO4S. The van der Waals surface area contributed by atoms with Gasteiger partial charge in [0, 0.05) is 26.1 Å². The Kier molecular flexibility index (Phi) is 5.58. The fraction of sp³-hybridized carbons (Fsp3) is 0.417. The van der Waals surface area contributed by atoms with Crippen LogP contribution in [0.5, 0.6) is 0 Å². The Bertz CT molecular complexity index is 589. The van der Waals surface area contributed by atoms with E-state index in [1.807, 2.05) is 0 Å². The monoisotopic (exact) mass is 307 g/mol. The first kappa shape index (κ1) is 16.5. The van der Waals surface area contributed by atoms with Crippen molar-refractivity contribution in [3.05, 3.63) is 29.8 Å². The highest BCUT2D eigenvalue weighted by atomic mass is 32.2. The Morgan fingerprint density at radius 3 is 2.55 bits per heavy atom. The van der Waals surface area contributed by atoms with Crippen molar-refractivity contribution >= 4 is 16.0 Å². The van der Waals surface area contributed by atoms with Crippen LogP contribution in [0, 0.1) is 11.6 Å². The number of hydrogen-bond donors (Lipinski definition) is 0. The van der Waals surface area contributed by atoms with E-state index in [1.54, 1.807) is 0 Å². The molecule has 0 radical (unpaired) electrons. The van der Waals surface area contributed by atoms with Crippen LogP contribution in [0.3, 0.4) is 0 Å². The largest absolute Gasteiger partial charge is 0.469 e. The van der Waals surface area contributed by atoms with Gasteiger partial charge >= 0.3 is 5.97 Å². The van der Waals surface area contributed by atoms with E-state index in [1.165, 1.54) is 14.2 Å². The minimum atomic E-state index is -4.05. The third-order valence-electron chi connectivity index (χ3n) is 2.66. The average Bonchev–Trinajstić information content (AvgIpc) is 2.37. The highest BCUT2D eigenvalue weighted by Gasteiger charge is 2.24. The molecule has 0 saturated heterocycles. The van der Waals surface area contributed by atoms with E-state index in [-0.39, 0.29) is 19.4 Å². The number of carbonyl (C=O) groups excluding carboxylic acids is 1. The Labute approximate surface area is 116 Å². The summed E-state index contributed by atoms with van der Waals surface area (Å²) in [5.74, 6) is -2.46. The van der Waals surface area contributed by atoms with Crippen molar-refractivity contribution in [2.45, 2.75) is 17.7 Å². The van der Waals surface area contributed by atoms with E-state index in [9.17, 15) is 22.0 Å². The number of esters is 1. The summed E-state index contributed by atoms with van der Waals surface area (Å²) in [5, 5.41) is 0. The van der Waals surface area contributed by atoms with Crippen molar-refractivity contribution in [1.29, 1.82) is 0 Å². The van der Waals surface area contributed by atoms with Crippen molar-refractivity contribution in [2.24, 2.45) is 0 Å². The maximum absolute atomic E-state index is 13.5. The van der Waals surface area contributed by atoms with Gasteiger partial charge in [-0.3, -0.25) is 4.79 Å². The summed E-state index contributed by atoms with van der Waals surface area (Å²) in [4.78, 5) is 10.3. The zero-order valence-corrected chi connectivity index (χ0v) is 11.9. The maximum atomic E-state index is 13.5. The summed E-state index contributed by atoms with van der Waals surface area (Å²) in [7, 11) is -1.56. The number of carbonyl (C=O) groups is 1. The average molecular weight is 307 g/mol. The second-order valence-corrected chi connectivity index (χ2v) is 6.09. The second-order valence-electron chi connectivity index (χ2n) is 4.08. The van der Waals surface area contributed by atoms with E-state index in [4.69, 9.17) is 0 Å². The molecule has 0 bridgehead atoms. The molecule has 0 spiro atoms. The van der Waals surface area contributed by atoms with Gasteiger partial charge in [0.1, 0.15) is 16.5 Å². The van der Waals surface area contributed by atoms with Crippen molar-refractivity contribution in [3.63, 3.8) is 0 Å². The summed E-state index contributed by atoms with van der Waals surface area (Å²) in [6, 6.07) is 2.25. The van der Waals surface area contributed by atoms with Crippen molar-refractivity contribution < 1.29 is 26.7 Å². The van der Waals surface area contributed by atoms with Crippen LogP contribution in [-0.4, -0.2) is 39.4 Å². The Morgan fingerprint density at radius 2 is 2.00 bits per heavy atom. The lowest BCUT2D eigenvalue weighted by atomic mass is 10.3. The molecule has 1 aromatic carbocycles. The lowest BCUT2D eigenvalue weighted by Gasteiger charge is -2.17. The predicted octanol–water partition coefficient (Wildman–Crippen LogP) is 1.54. The van der Waals surface area contributed by atoms with E-state index < -0.39 is 32.5 Å². The molecule has 0 saturated carbocycles. The number of ether oxygens (including phenoxy) is 1. The zero-order valence-electron chi connectivity index (χ0n) is 11.1. The van der Waals surface area contributed by atoms with Gasteiger partial charge in [-0.2, -0.15) is 0 Å². The molecule has 0 N–H and O–H groups in total. The molecule has 0 aromatic heterocycles. The first-order chi connectivity index (χ1) is 9.28. The molecule has 1 aromatic rings. The van der Waals surface area contributed by atoms with Gasteiger partial charge in [-0.15, -0.1) is 0 Å². The number of rotatable bonds is 6. The van der Waals surface area contributed by atoms with E-state index in [0.717, 1.165) is 16.4 Å². The number of hydrogen-bond acceptors (Lipinski definition) is 4. The highest BCUT2D eigenvalue weighted by Crippen LogP contribution is 2.19. The molecule has 0 aliphatic carbocycles. The molecule has 1 rings (SSSR count). The molecular weight excluding hydrogens is 292 g/mol. The maximum Gasteiger partial charge on any atom is 0.305 e. The standard InChI is InChI=1S/C12H15F2NO4S/c1-15(7-3-4-12(16)19-2)20(17,18)11-6-5-9(13)8-10(11)14/h5-6,8H,3-4,7H2,1-2H3. The zero-order chi connectivity index (χ0) is 15.3. The number of halogens is 2. The summed E-state index contributed by atoms with van der Waals surface area (Å²) in [5.41, 5.74) is 0. The van der Waals surface area contributed by atoms with Crippen LogP contribution in [0.2, 0.25) is 0 Å². The van der Waals surface area contributed by atoms with Gasteiger partial charge in [-0.25, -0.2) is 21.5 Å². The summed E-state index contributed by atoms with van der Waals surface area (Å²) < 4.78 is 55.7. The fourth-order valence-corrected chi connectivity index (χ4v) is 2.77. The number of benzene rings is 1. The summed E-state index contributed by atoms with van der Waals surface area (Å²) in [6.07, 6.45) is 0.299. The molecule has 0 unspecified atom stereocenters. The second kappa shape index (κ2) is 6.76. The van der Waals surface area contributed by atoms with Crippen LogP contribution in [0.25, 0.3) is 0 Å². The van der Waals surface area contributed by atoms with Crippen molar-refractivity contribution in [2.75, 3.05) is 20.7 Å². The molecule has 0 atom stereocenters. The first-order valence-electron chi connectivity index (χ1n) is 5.77. The van der Waals surface area contributed by atoms with E-state index in [0.29, 0.717) is 6.07 Å². The Balaban J connectivity index is 2.79. The van der Waals surface area contributed by atoms with Gasteiger partial charge in [-0.1, -0.05) is 0 Å². The Morgan fingerprint density at radius 1 is 1.35 bits per heavy atom. The van der Waals surface area contributed by atoms with Gasteiger partial charge in [0.2, 0.25) is 10.0 Å². The van der Waals surface area contributed by atoms with Crippen LogP contribution >= 0.6 is 0 Å². The van der Waals surface area contributed by atoms with Gasteiger partial charge in [0.25, 0.3) is 0 Å². The molecule has 0 fully saturated rings. The molecule has 0 amide bonds. The number of sulfonamides is 1. The molecule has 0 aliphatic heterocycles. The predicted molar refractivity (Wildman–Crippen MR) is 67.4 cm³/mol. The minimum absolute atomic E-state index is 0.0221. The molecule has 5 nitrogen and oxygen atoms in total. The van der Waals surface area contributed by atoms with Crippen LogP contribution in [0.4, 0.5) is 8.78 Å². The fourth-order valence-electron chi connectivity index (χ4n) is 1.52. The quantitative estimate of drug-likeness (QED) is 0.748. The molecule has 0 aliphatic rings. The molecule has 20 heavy (non-hydrogen) atoms. The molecule has 8 heteroatoms. The third kappa shape index (κ3) is 3.97. The Hall–Kier alpha value is -1.54. The van der Waals surface area contributed by atoms with Gasteiger partial charge in [0.15, 0.2) is 0 Å². The minimum Gasteiger partial charge on any atom is -0.469 e. The lowest BCUT2D eigenvalue weighted by Crippen LogP contribution is -2.29. The van der Waals surface area contributed by atoms with Gasteiger partial charge in [-0.05, 0) is 18.6 Å².